The number of rotatable bonds is 6. The molecular weight excluding hydrogens is 369 g/mol. The summed E-state index contributed by atoms with van der Waals surface area (Å²) in [5.41, 5.74) is 0.277. The van der Waals surface area contributed by atoms with Gasteiger partial charge >= 0.3 is 0 Å². The highest BCUT2D eigenvalue weighted by atomic mass is 35.5. The lowest BCUT2D eigenvalue weighted by atomic mass is 10.0. The Hall–Kier alpha value is -1.63. The molecule has 24 heavy (non-hydrogen) atoms. The van der Waals surface area contributed by atoms with Crippen LogP contribution in [0.4, 0.5) is 0 Å². The molecule has 2 N–H and O–H groups in total. The Morgan fingerprint density at radius 3 is 2.62 bits per heavy atom. The summed E-state index contributed by atoms with van der Waals surface area (Å²) in [7, 11) is 0. The SMILES string of the molecule is CC(C)C(NC(=O)c1ccc(Cl)cc1Cl)C(=O)NCc1nccs1. The van der Waals surface area contributed by atoms with Crippen molar-refractivity contribution in [2.75, 3.05) is 0 Å². The minimum absolute atomic E-state index is 0.0867. The molecule has 2 amide bonds. The summed E-state index contributed by atoms with van der Waals surface area (Å²) in [6.07, 6.45) is 1.68. The normalized spacial score (nSPS) is 12.0. The summed E-state index contributed by atoms with van der Waals surface area (Å²) in [6, 6.07) is 3.93. The first-order valence-electron chi connectivity index (χ1n) is 7.30. The number of hydrogen-bond donors (Lipinski definition) is 2. The van der Waals surface area contributed by atoms with Gasteiger partial charge in [0.2, 0.25) is 5.91 Å². The Morgan fingerprint density at radius 1 is 1.29 bits per heavy atom. The van der Waals surface area contributed by atoms with E-state index in [1.807, 2.05) is 19.2 Å². The molecule has 0 saturated carbocycles. The standard InChI is InChI=1S/C16H17Cl2N3O2S/c1-9(2)14(16(23)20-8-13-19-5-6-24-13)21-15(22)11-4-3-10(17)7-12(11)18/h3-7,9,14H,8H2,1-2H3,(H,20,23)(H,21,22). The van der Waals surface area contributed by atoms with Crippen LogP contribution in [0.3, 0.4) is 0 Å². The predicted molar refractivity (Wildman–Crippen MR) is 96.5 cm³/mol. The first-order chi connectivity index (χ1) is 11.4. The number of carbonyl (C=O) groups is 2. The lowest BCUT2D eigenvalue weighted by Gasteiger charge is -2.21. The molecule has 0 radical (unpaired) electrons. The fourth-order valence-electron chi connectivity index (χ4n) is 2.04. The molecule has 8 heteroatoms. The highest BCUT2D eigenvalue weighted by Gasteiger charge is 2.25. The molecule has 0 saturated heterocycles. The summed E-state index contributed by atoms with van der Waals surface area (Å²) in [5, 5.41) is 8.84. The topological polar surface area (TPSA) is 71.1 Å². The number of nitrogens with one attached hydrogen (secondary N) is 2. The van der Waals surface area contributed by atoms with Gasteiger partial charge in [0.1, 0.15) is 11.0 Å². The number of hydrogen-bond acceptors (Lipinski definition) is 4. The van der Waals surface area contributed by atoms with Gasteiger partial charge < -0.3 is 10.6 Å². The van der Waals surface area contributed by atoms with E-state index >= 15 is 0 Å². The Bertz CT molecular complexity index is 720. The molecule has 1 heterocycles. The average molecular weight is 386 g/mol. The second-order valence-electron chi connectivity index (χ2n) is 5.46. The highest BCUT2D eigenvalue weighted by Crippen LogP contribution is 2.21. The van der Waals surface area contributed by atoms with Gasteiger partial charge in [-0.2, -0.15) is 0 Å². The van der Waals surface area contributed by atoms with E-state index in [4.69, 9.17) is 23.2 Å². The summed E-state index contributed by atoms with van der Waals surface area (Å²) in [5.74, 6) is -0.769. The Kier molecular flexibility index (Phi) is 6.60. The van der Waals surface area contributed by atoms with Crippen LogP contribution in [0.5, 0.6) is 0 Å². The van der Waals surface area contributed by atoms with E-state index in [1.54, 1.807) is 12.3 Å². The molecule has 1 atom stereocenters. The van der Waals surface area contributed by atoms with E-state index in [1.165, 1.54) is 23.5 Å². The zero-order valence-corrected chi connectivity index (χ0v) is 15.5. The van der Waals surface area contributed by atoms with Crippen molar-refractivity contribution in [1.29, 1.82) is 0 Å². The van der Waals surface area contributed by atoms with E-state index < -0.39 is 11.9 Å². The van der Waals surface area contributed by atoms with Gasteiger partial charge in [0.05, 0.1) is 17.1 Å². The van der Waals surface area contributed by atoms with Crippen molar-refractivity contribution in [2.24, 2.45) is 5.92 Å². The highest BCUT2D eigenvalue weighted by molar-refractivity contribution is 7.09. The quantitative estimate of drug-likeness (QED) is 0.798. The molecule has 2 rings (SSSR count). The van der Waals surface area contributed by atoms with Crippen molar-refractivity contribution in [3.63, 3.8) is 0 Å². The van der Waals surface area contributed by atoms with Gasteiger partial charge in [-0.05, 0) is 24.1 Å². The van der Waals surface area contributed by atoms with Gasteiger partial charge in [0.15, 0.2) is 0 Å². The first kappa shape index (κ1) is 18.7. The molecule has 0 aliphatic carbocycles. The Labute approximate surface area is 154 Å². The minimum atomic E-state index is -0.677. The Morgan fingerprint density at radius 2 is 2.04 bits per heavy atom. The molecule has 0 bridgehead atoms. The smallest absolute Gasteiger partial charge is 0.253 e. The van der Waals surface area contributed by atoms with Crippen LogP contribution in [0.2, 0.25) is 10.0 Å². The van der Waals surface area contributed by atoms with Crippen LogP contribution >= 0.6 is 34.5 Å². The van der Waals surface area contributed by atoms with Gasteiger partial charge in [-0.3, -0.25) is 9.59 Å². The number of thiazole rings is 1. The largest absolute Gasteiger partial charge is 0.348 e. The van der Waals surface area contributed by atoms with Crippen molar-refractivity contribution in [1.82, 2.24) is 15.6 Å². The maximum atomic E-state index is 12.4. The lowest BCUT2D eigenvalue weighted by molar-refractivity contribution is -0.124. The Balaban J connectivity index is 2.04. The monoisotopic (exact) mass is 385 g/mol. The van der Waals surface area contributed by atoms with Crippen molar-refractivity contribution < 1.29 is 9.59 Å². The minimum Gasteiger partial charge on any atom is -0.348 e. The molecule has 0 aliphatic rings. The average Bonchev–Trinajstić information content (AvgIpc) is 3.03. The zero-order valence-electron chi connectivity index (χ0n) is 13.2. The second kappa shape index (κ2) is 8.46. The van der Waals surface area contributed by atoms with E-state index in [9.17, 15) is 9.59 Å². The number of benzene rings is 1. The maximum Gasteiger partial charge on any atom is 0.253 e. The first-order valence-corrected chi connectivity index (χ1v) is 8.94. The molecule has 1 unspecified atom stereocenters. The summed E-state index contributed by atoms with van der Waals surface area (Å²) < 4.78 is 0. The third kappa shape index (κ3) is 4.93. The lowest BCUT2D eigenvalue weighted by Crippen LogP contribution is -2.49. The zero-order chi connectivity index (χ0) is 17.7. The third-order valence-electron chi connectivity index (χ3n) is 3.31. The van der Waals surface area contributed by atoms with Gasteiger partial charge in [-0.25, -0.2) is 4.98 Å². The van der Waals surface area contributed by atoms with Crippen molar-refractivity contribution in [3.8, 4) is 0 Å². The van der Waals surface area contributed by atoms with Crippen LogP contribution in [0.15, 0.2) is 29.8 Å². The number of nitrogens with zero attached hydrogens (tertiary/aromatic N) is 1. The molecule has 1 aromatic heterocycles. The summed E-state index contributed by atoms with van der Waals surface area (Å²) in [4.78, 5) is 28.9. The third-order valence-corrected chi connectivity index (χ3v) is 4.64. The molecule has 0 aliphatic heterocycles. The molecule has 1 aromatic carbocycles. The fourth-order valence-corrected chi connectivity index (χ4v) is 3.09. The van der Waals surface area contributed by atoms with Crippen LogP contribution < -0.4 is 10.6 Å². The number of aromatic nitrogens is 1. The van der Waals surface area contributed by atoms with Crippen LogP contribution in [-0.2, 0) is 11.3 Å². The van der Waals surface area contributed by atoms with Crippen LogP contribution in [0.25, 0.3) is 0 Å². The number of carbonyl (C=O) groups excluding carboxylic acids is 2. The van der Waals surface area contributed by atoms with Gasteiger partial charge in [-0.1, -0.05) is 37.0 Å². The number of halogens is 2. The summed E-state index contributed by atoms with van der Waals surface area (Å²) in [6.45, 7) is 4.05. The molecular formula is C16H17Cl2N3O2S. The van der Waals surface area contributed by atoms with E-state index in [0.717, 1.165) is 5.01 Å². The van der Waals surface area contributed by atoms with Gasteiger partial charge in [-0.15, -0.1) is 11.3 Å². The van der Waals surface area contributed by atoms with E-state index in [0.29, 0.717) is 11.6 Å². The predicted octanol–water partition coefficient (Wildman–Crippen LogP) is 3.52. The van der Waals surface area contributed by atoms with Gasteiger partial charge in [0.25, 0.3) is 5.91 Å². The maximum absolute atomic E-state index is 12.4. The van der Waals surface area contributed by atoms with E-state index in [-0.39, 0.29) is 22.4 Å². The van der Waals surface area contributed by atoms with Crippen molar-refractivity contribution in [2.45, 2.75) is 26.4 Å². The molecule has 0 spiro atoms. The van der Waals surface area contributed by atoms with Crippen molar-refractivity contribution >= 4 is 46.4 Å². The van der Waals surface area contributed by atoms with Crippen molar-refractivity contribution in [3.05, 3.63) is 50.4 Å². The molecule has 128 valence electrons. The molecule has 0 fully saturated rings. The van der Waals surface area contributed by atoms with Crippen LogP contribution in [0.1, 0.15) is 29.2 Å². The second-order valence-corrected chi connectivity index (χ2v) is 7.29. The molecule has 5 nitrogen and oxygen atoms in total. The number of amides is 2. The summed E-state index contributed by atoms with van der Waals surface area (Å²) >= 11 is 13.3. The fraction of sp³-hybridized carbons (Fsp3) is 0.312. The molecule has 2 aromatic rings. The van der Waals surface area contributed by atoms with E-state index in [2.05, 4.69) is 15.6 Å². The van der Waals surface area contributed by atoms with Gasteiger partial charge in [0, 0.05) is 16.6 Å². The van der Waals surface area contributed by atoms with Crippen LogP contribution in [0, 0.1) is 5.92 Å². The van der Waals surface area contributed by atoms with Crippen LogP contribution in [-0.4, -0.2) is 22.8 Å².